The van der Waals surface area contributed by atoms with Gasteiger partial charge in [0.25, 0.3) is 15.9 Å². The third kappa shape index (κ3) is 6.04. The van der Waals surface area contributed by atoms with E-state index in [4.69, 9.17) is 39.5 Å². The van der Waals surface area contributed by atoms with E-state index in [1.165, 1.54) is 30.3 Å². The van der Waals surface area contributed by atoms with E-state index in [0.717, 1.165) is 0 Å². The topological polar surface area (TPSA) is 84.5 Å². The number of carbonyl (C=O) groups excluding carboxylic acids is 1. The number of rotatable bonds is 7. The molecule has 0 aromatic heterocycles. The molecule has 0 radical (unpaired) electrons. The maximum atomic E-state index is 12.6. The lowest BCUT2D eigenvalue weighted by Crippen LogP contribution is -2.20. The van der Waals surface area contributed by atoms with E-state index in [0.29, 0.717) is 22.7 Å². The van der Waals surface area contributed by atoms with E-state index >= 15 is 0 Å². The molecular weight excluding hydrogens is 483 g/mol. The lowest BCUT2D eigenvalue weighted by atomic mass is 10.2. The highest BCUT2D eigenvalue weighted by Gasteiger charge is 2.16. The number of nitrogens with one attached hydrogen (secondary N) is 2. The van der Waals surface area contributed by atoms with Crippen molar-refractivity contribution in [2.24, 2.45) is 0 Å². The summed E-state index contributed by atoms with van der Waals surface area (Å²) in [5, 5.41) is 3.34. The largest absolute Gasteiger partial charge is 0.483 e. The van der Waals surface area contributed by atoms with Gasteiger partial charge in [-0.15, -0.1) is 0 Å². The summed E-state index contributed by atoms with van der Waals surface area (Å²) in [4.78, 5) is 12.3. The minimum Gasteiger partial charge on any atom is -0.483 e. The predicted molar refractivity (Wildman–Crippen MR) is 124 cm³/mol. The molecule has 2 N–H and O–H groups in total. The summed E-state index contributed by atoms with van der Waals surface area (Å²) in [7, 11) is -3.76. The SMILES string of the molecule is Cc1cc(S(=O)(=O)Nc2ccccc2)ccc1OCC(=O)Nc1cc(Cl)c(Cl)cc1Cl. The fraction of sp³-hybridized carbons (Fsp3) is 0.0952. The van der Waals surface area contributed by atoms with Crippen LogP contribution in [0.2, 0.25) is 15.1 Å². The van der Waals surface area contributed by atoms with Crippen molar-refractivity contribution in [3.8, 4) is 5.75 Å². The average Bonchev–Trinajstić information content (AvgIpc) is 2.71. The first kappa shape index (κ1) is 23.2. The second kappa shape index (κ2) is 9.78. The molecule has 0 fully saturated rings. The normalized spacial score (nSPS) is 11.1. The molecule has 1 amide bonds. The van der Waals surface area contributed by atoms with Crippen molar-refractivity contribution in [1.82, 2.24) is 0 Å². The molecule has 0 atom stereocenters. The summed E-state index contributed by atoms with van der Waals surface area (Å²) in [5.41, 5.74) is 1.31. The van der Waals surface area contributed by atoms with Gasteiger partial charge in [-0.2, -0.15) is 0 Å². The number of halogens is 3. The highest BCUT2D eigenvalue weighted by atomic mass is 35.5. The average molecular weight is 500 g/mol. The molecule has 0 unspecified atom stereocenters. The molecule has 3 rings (SSSR count). The molecule has 31 heavy (non-hydrogen) atoms. The van der Waals surface area contributed by atoms with Crippen molar-refractivity contribution < 1.29 is 17.9 Å². The number of ether oxygens (including phenoxy) is 1. The first-order chi connectivity index (χ1) is 14.7. The molecular formula is C21H17Cl3N2O4S. The van der Waals surface area contributed by atoms with Gasteiger partial charge in [0, 0.05) is 5.69 Å². The smallest absolute Gasteiger partial charge is 0.262 e. The van der Waals surface area contributed by atoms with Crippen molar-refractivity contribution in [3.05, 3.63) is 81.3 Å². The number of benzene rings is 3. The van der Waals surface area contributed by atoms with Crippen molar-refractivity contribution in [3.63, 3.8) is 0 Å². The summed E-state index contributed by atoms with van der Waals surface area (Å²) in [6, 6.07) is 15.8. The Labute approximate surface area is 195 Å². The lowest BCUT2D eigenvalue weighted by Gasteiger charge is -2.13. The van der Waals surface area contributed by atoms with Gasteiger partial charge in [-0.05, 0) is 55.0 Å². The van der Waals surface area contributed by atoms with Gasteiger partial charge in [-0.3, -0.25) is 9.52 Å². The highest BCUT2D eigenvalue weighted by Crippen LogP contribution is 2.32. The Kier molecular flexibility index (Phi) is 7.33. The third-order valence-corrected chi connectivity index (χ3v) is 6.54. The van der Waals surface area contributed by atoms with Crippen LogP contribution in [-0.2, 0) is 14.8 Å². The Bertz CT molecular complexity index is 1220. The number of anilines is 2. The molecule has 0 saturated carbocycles. The van der Waals surface area contributed by atoms with E-state index < -0.39 is 15.9 Å². The second-order valence-electron chi connectivity index (χ2n) is 6.48. The molecule has 162 valence electrons. The Hall–Kier alpha value is -2.45. The van der Waals surface area contributed by atoms with Crippen molar-refractivity contribution in [2.45, 2.75) is 11.8 Å². The van der Waals surface area contributed by atoms with Crippen LogP contribution in [0.3, 0.4) is 0 Å². The maximum absolute atomic E-state index is 12.6. The number of hydrogen-bond donors (Lipinski definition) is 2. The summed E-state index contributed by atoms with van der Waals surface area (Å²) in [6.45, 7) is 1.37. The van der Waals surface area contributed by atoms with Crippen LogP contribution in [0, 0.1) is 6.92 Å². The summed E-state index contributed by atoms with van der Waals surface area (Å²) >= 11 is 17.9. The van der Waals surface area contributed by atoms with Crippen LogP contribution in [-0.4, -0.2) is 20.9 Å². The van der Waals surface area contributed by atoms with E-state index in [2.05, 4.69) is 10.0 Å². The molecule has 10 heteroatoms. The van der Waals surface area contributed by atoms with E-state index in [9.17, 15) is 13.2 Å². The van der Waals surface area contributed by atoms with Crippen LogP contribution in [0.4, 0.5) is 11.4 Å². The number of carbonyl (C=O) groups is 1. The second-order valence-corrected chi connectivity index (χ2v) is 9.39. The van der Waals surface area contributed by atoms with Crippen LogP contribution in [0.1, 0.15) is 5.56 Å². The van der Waals surface area contributed by atoms with Gasteiger partial charge in [-0.25, -0.2) is 8.42 Å². The third-order valence-electron chi connectivity index (χ3n) is 4.13. The first-order valence-corrected chi connectivity index (χ1v) is 11.5. The summed E-state index contributed by atoms with van der Waals surface area (Å²) < 4.78 is 33.2. The maximum Gasteiger partial charge on any atom is 0.262 e. The molecule has 0 saturated heterocycles. The number of para-hydroxylation sites is 1. The van der Waals surface area contributed by atoms with Crippen LogP contribution in [0.25, 0.3) is 0 Å². The number of hydrogen-bond acceptors (Lipinski definition) is 4. The number of amides is 1. The minimum absolute atomic E-state index is 0.0771. The molecule has 6 nitrogen and oxygen atoms in total. The van der Waals surface area contributed by atoms with Crippen molar-refractivity contribution in [2.75, 3.05) is 16.6 Å². The molecule has 0 bridgehead atoms. The Morgan fingerprint density at radius 2 is 1.61 bits per heavy atom. The minimum atomic E-state index is -3.76. The van der Waals surface area contributed by atoms with Crippen LogP contribution >= 0.6 is 34.8 Å². The van der Waals surface area contributed by atoms with Gasteiger partial charge in [0.15, 0.2) is 6.61 Å². The van der Waals surface area contributed by atoms with Gasteiger partial charge in [-0.1, -0.05) is 53.0 Å². The van der Waals surface area contributed by atoms with Gasteiger partial charge in [0.2, 0.25) is 0 Å². The van der Waals surface area contributed by atoms with E-state index in [1.54, 1.807) is 37.3 Å². The Morgan fingerprint density at radius 1 is 0.935 bits per heavy atom. The van der Waals surface area contributed by atoms with E-state index in [1.807, 2.05) is 0 Å². The highest BCUT2D eigenvalue weighted by molar-refractivity contribution is 7.92. The zero-order chi connectivity index (χ0) is 22.6. The monoisotopic (exact) mass is 498 g/mol. The summed E-state index contributed by atoms with van der Waals surface area (Å²) in [6.07, 6.45) is 0. The zero-order valence-corrected chi connectivity index (χ0v) is 19.2. The number of aryl methyl sites for hydroxylation is 1. The van der Waals surface area contributed by atoms with Gasteiger partial charge < -0.3 is 10.1 Å². The molecule has 0 spiro atoms. The fourth-order valence-electron chi connectivity index (χ4n) is 2.62. The van der Waals surface area contributed by atoms with Crippen LogP contribution in [0.15, 0.2) is 65.6 Å². The van der Waals surface area contributed by atoms with Gasteiger partial charge in [0.05, 0.1) is 25.7 Å². The predicted octanol–water partition coefficient (Wildman–Crippen LogP) is 5.77. The van der Waals surface area contributed by atoms with E-state index in [-0.39, 0.29) is 26.6 Å². The quantitative estimate of drug-likeness (QED) is 0.404. The molecule has 3 aromatic carbocycles. The standard InChI is InChI=1S/C21H17Cl3N2O4S/c1-13-9-15(31(28,29)26-14-5-3-2-4-6-14)7-8-20(13)30-12-21(27)25-19-11-17(23)16(22)10-18(19)24/h2-11,26H,12H2,1H3,(H,25,27). The summed E-state index contributed by atoms with van der Waals surface area (Å²) in [5.74, 6) is -0.101. The molecule has 0 aliphatic rings. The molecule has 0 heterocycles. The van der Waals surface area contributed by atoms with Gasteiger partial charge >= 0.3 is 0 Å². The van der Waals surface area contributed by atoms with Crippen molar-refractivity contribution >= 4 is 62.1 Å². The molecule has 3 aromatic rings. The fourth-order valence-corrected chi connectivity index (χ4v) is 4.36. The molecule has 0 aliphatic heterocycles. The first-order valence-electron chi connectivity index (χ1n) is 8.91. The Morgan fingerprint density at radius 3 is 2.29 bits per heavy atom. The van der Waals surface area contributed by atoms with Crippen molar-refractivity contribution in [1.29, 1.82) is 0 Å². The zero-order valence-electron chi connectivity index (χ0n) is 16.2. The number of sulfonamides is 1. The Balaban J connectivity index is 1.65. The van der Waals surface area contributed by atoms with Gasteiger partial charge in [0.1, 0.15) is 5.75 Å². The molecule has 0 aliphatic carbocycles. The lowest BCUT2D eigenvalue weighted by molar-refractivity contribution is -0.118. The van der Waals surface area contributed by atoms with Crippen LogP contribution in [0.5, 0.6) is 5.75 Å². The van der Waals surface area contributed by atoms with Crippen LogP contribution < -0.4 is 14.8 Å².